The molecule has 2 aromatic rings. The summed E-state index contributed by atoms with van der Waals surface area (Å²) in [5.41, 5.74) is 2.24. The van der Waals surface area contributed by atoms with Gasteiger partial charge in [0, 0.05) is 17.0 Å². The van der Waals surface area contributed by atoms with Crippen molar-refractivity contribution in [2.24, 2.45) is 0 Å². The lowest BCUT2D eigenvalue weighted by Gasteiger charge is -2.14. The lowest BCUT2D eigenvalue weighted by molar-refractivity contribution is 0.740. The normalized spacial score (nSPS) is 15.1. The van der Waals surface area contributed by atoms with Crippen molar-refractivity contribution in [3.05, 3.63) is 42.1 Å². The first-order chi connectivity index (χ1) is 7.18. The molecule has 2 unspecified atom stereocenters. The van der Waals surface area contributed by atoms with E-state index >= 15 is 0 Å². The van der Waals surface area contributed by atoms with Crippen molar-refractivity contribution >= 4 is 22.5 Å². The molecule has 0 aliphatic heterocycles. The Morgan fingerprint density at radius 1 is 1.20 bits per heavy atom. The number of hydrogen-bond donors (Lipinski definition) is 0. The van der Waals surface area contributed by atoms with Crippen molar-refractivity contribution in [1.82, 2.24) is 4.98 Å². The fourth-order valence-electron chi connectivity index (χ4n) is 1.60. The average molecular weight is 220 g/mol. The monoisotopic (exact) mass is 219 g/mol. The van der Waals surface area contributed by atoms with Crippen LogP contribution < -0.4 is 0 Å². The second kappa shape index (κ2) is 4.19. The van der Waals surface area contributed by atoms with E-state index in [0.717, 1.165) is 5.52 Å². The van der Waals surface area contributed by atoms with E-state index in [1.165, 1.54) is 10.9 Å². The number of aromatic nitrogens is 1. The molecule has 0 aliphatic carbocycles. The zero-order chi connectivity index (χ0) is 10.8. The molecule has 1 nitrogen and oxygen atoms in total. The molecule has 0 saturated carbocycles. The van der Waals surface area contributed by atoms with Gasteiger partial charge in [0.05, 0.1) is 5.52 Å². The average Bonchev–Trinajstić information content (AvgIpc) is 2.27. The molecule has 15 heavy (non-hydrogen) atoms. The summed E-state index contributed by atoms with van der Waals surface area (Å²) in [4.78, 5) is 4.43. The first-order valence-electron chi connectivity index (χ1n) is 5.17. The summed E-state index contributed by atoms with van der Waals surface area (Å²) >= 11 is 6.09. The standard InChI is InChI=1S/C13H14ClN/c1-9(10(2)14)12-7-11-5-3-4-6-13(11)15-8-12/h3-10H,1-2H3. The molecule has 2 atom stereocenters. The quantitative estimate of drug-likeness (QED) is 0.697. The van der Waals surface area contributed by atoms with Gasteiger partial charge in [0.15, 0.2) is 0 Å². The highest BCUT2D eigenvalue weighted by Crippen LogP contribution is 2.24. The molecule has 2 rings (SSSR count). The van der Waals surface area contributed by atoms with E-state index < -0.39 is 0 Å². The van der Waals surface area contributed by atoms with Crippen LogP contribution >= 0.6 is 11.6 Å². The van der Waals surface area contributed by atoms with Gasteiger partial charge in [0.1, 0.15) is 0 Å². The highest BCUT2D eigenvalue weighted by atomic mass is 35.5. The van der Waals surface area contributed by atoms with E-state index in [-0.39, 0.29) is 5.38 Å². The van der Waals surface area contributed by atoms with Crippen molar-refractivity contribution in [3.8, 4) is 0 Å². The van der Waals surface area contributed by atoms with Gasteiger partial charge in [-0.15, -0.1) is 11.6 Å². The van der Waals surface area contributed by atoms with E-state index in [9.17, 15) is 0 Å². The number of benzene rings is 1. The summed E-state index contributed by atoms with van der Waals surface area (Å²) < 4.78 is 0. The summed E-state index contributed by atoms with van der Waals surface area (Å²) in [6.45, 7) is 4.14. The Balaban J connectivity index is 2.47. The topological polar surface area (TPSA) is 12.9 Å². The number of fused-ring (bicyclic) bond motifs is 1. The van der Waals surface area contributed by atoms with Gasteiger partial charge in [-0.3, -0.25) is 4.98 Å². The number of hydrogen-bond acceptors (Lipinski definition) is 1. The second-order valence-corrected chi connectivity index (χ2v) is 4.62. The predicted molar refractivity (Wildman–Crippen MR) is 65.5 cm³/mol. The molecule has 1 heterocycles. The fraction of sp³-hybridized carbons (Fsp3) is 0.308. The van der Waals surface area contributed by atoms with Crippen molar-refractivity contribution in [3.63, 3.8) is 0 Å². The van der Waals surface area contributed by atoms with E-state index in [2.05, 4.69) is 24.0 Å². The molecule has 1 aromatic carbocycles. The van der Waals surface area contributed by atoms with Crippen molar-refractivity contribution in [1.29, 1.82) is 0 Å². The first-order valence-corrected chi connectivity index (χ1v) is 5.61. The van der Waals surface area contributed by atoms with Crippen molar-refractivity contribution < 1.29 is 0 Å². The van der Waals surface area contributed by atoms with Gasteiger partial charge in [-0.05, 0) is 30.5 Å². The Kier molecular flexibility index (Phi) is 2.92. The number of rotatable bonds is 2. The molecule has 0 radical (unpaired) electrons. The summed E-state index contributed by atoms with van der Waals surface area (Å²) in [7, 11) is 0. The van der Waals surface area contributed by atoms with Crippen LogP contribution in [-0.4, -0.2) is 10.4 Å². The zero-order valence-electron chi connectivity index (χ0n) is 8.94. The van der Waals surface area contributed by atoms with Crippen molar-refractivity contribution in [2.45, 2.75) is 25.1 Å². The molecule has 0 fully saturated rings. The van der Waals surface area contributed by atoms with Crippen LogP contribution in [0.15, 0.2) is 36.5 Å². The summed E-state index contributed by atoms with van der Waals surface area (Å²) in [6, 6.07) is 10.3. The molecule has 0 spiro atoms. The van der Waals surface area contributed by atoms with E-state index in [1.807, 2.05) is 31.3 Å². The van der Waals surface area contributed by atoms with Crippen LogP contribution in [0.25, 0.3) is 10.9 Å². The number of nitrogens with zero attached hydrogens (tertiary/aromatic N) is 1. The third-order valence-electron chi connectivity index (χ3n) is 2.83. The van der Waals surface area contributed by atoms with Crippen LogP contribution in [0.3, 0.4) is 0 Å². The smallest absolute Gasteiger partial charge is 0.0702 e. The highest BCUT2D eigenvalue weighted by molar-refractivity contribution is 6.20. The summed E-state index contributed by atoms with van der Waals surface area (Å²) in [5.74, 6) is 0.337. The van der Waals surface area contributed by atoms with Gasteiger partial charge in [-0.1, -0.05) is 25.1 Å². The van der Waals surface area contributed by atoms with Crippen LogP contribution in [0.1, 0.15) is 25.3 Å². The Morgan fingerprint density at radius 2 is 1.93 bits per heavy atom. The van der Waals surface area contributed by atoms with Crippen LogP contribution in [0.5, 0.6) is 0 Å². The predicted octanol–water partition coefficient (Wildman–Crippen LogP) is 3.97. The maximum absolute atomic E-state index is 6.09. The van der Waals surface area contributed by atoms with Gasteiger partial charge >= 0.3 is 0 Å². The van der Waals surface area contributed by atoms with Crippen LogP contribution in [-0.2, 0) is 0 Å². The lowest BCUT2D eigenvalue weighted by atomic mass is 9.99. The Morgan fingerprint density at radius 3 is 2.67 bits per heavy atom. The molecule has 1 aromatic heterocycles. The molecule has 0 amide bonds. The van der Waals surface area contributed by atoms with Crippen LogP contribution in [0.4, 0.5) is 0 Å². The third kappa shape index (κ3) is 2.13. The third-order valence-corrected chi connectivity index (χ3v) is 3.20. The van der Waals surface area contributed by atoms with Gasteiger partial charge < -0.3 is 0 Å². The Hall–Kier alpha value is -1.08. The first kappa shape index (κ1) is 10.4. The molecule has 78 valence electrons. The van der Waals surface area contributed by atoms with Crippen LogP contribution in [0, 0.1) is 0 Å². The minimum absolute atomic E-state index is 0.132. The zero-order valence-corrected chi connectivity index (χ0v) is 9.70. The number of alkyl halides is 1. The van der Waals surface area contributed by atoms with Crippen LogP contribution in [0.2, 0.25) is 0 Å². The largest absolute Gasteiger partial charge is 0.256 e. The number of para-hydroxylation sites is 1. The molecule has 2 heteroatoms. The molecule has 0 N–H and O–H groups in total. The SMILES string of the molecule is CC(Cl)C(C)c1cnc2ccccc2c1. The van der Waals surface area contributed by atoms with Gasteiger partial charge in [-0.25, -0.2) is 0 Å². The van der Waals surface area contributed by atoms with E-state index in [0.29, 0.717) is 5.92 Å². The molecular weight excluding hydrogens is 206 g/mol. The molecule has 0 aliphatic rings. The van der Waals surface area contributed by atoms with Gasteiger partial charge in [0.2, 0.25) is 0 Å². The molecular formula is C13H14ClN. The minimum Gasteiger partial charge on any atom is -0.256 e. The summed E-state index contributed by atoms with van der Waals surface area (Å²) in [6.07, 6.45) is 1.92. The van der Waals surface area contributed by atoms with E-state index in [4.69, 9.17) is 11.6 Å². The Labute approximate surface area is 95.1 Å². The van der Waals surface area contributed by atoms with Crippen molar-refractivity contribution in [2.75, 3.05) is 0 Å². The lowest BCUT2D eigenvalue weighted by Crippen LogP contribution is -2.05. The number of halogens is 1. The maximum atomic E-state index is 6.09. The Bertz CT molecular complexity index is 465. The minimum atomic E-state index is 0.132. The fourth-order valence-corrected chi connectivity index (χ4v) is 1.75. The second-order valence-electron chi connectivity index (χ2n) is 3.93. The number of pyridine rings is 1. The van der Waals surface area contributed by atoms with E-state index in [1.54, 1.807) is 0 Å². The highest BCUT2D eigenvalue weighted by Gasteiger charge is 2.12. The van der Waals surface area contributed by atoms with Gasteiger partial charge in [-0.2, -0.15) is 0 Å². The van der Waals surface area contributed by atoms with Gasteiger partial charge in [0.25, 0.3) is 0 Å². The molecule has 0 bridgehead atoms. The maximum Gasteiger partial charge on any atom is 0.0702 e. The molecule has 0 saturated heterocycles. The summed E-state index contributed by atoms with van der Waals surface area (Å²) in [5, 5.41) is 1.31.